The molecule has 1 heterocycles. The summed E-state index contributed by atoms with van der Waals surface area (Å²) in [6.45, 7) is 3.78. The molecule has 1 aromatic heterocycles. The summed E-state index contributed by atoms with van der Waals surface area (Å²) >= 11 is 0. The normalized spacial score (nSPS) is 11.2. The number of carboxylic acid groups (broad SMARTS) is 1. The number of hydrogen-bond acceptors (Lipinski definition) is 4. The van der Waals surface area contributed by atoms with E-state index in [2.05, 4.69) is 15.6 Å². The van der Waals surface area contributed by atoms with Gasteiger partial charge < -0.3 is 10.4 Å². The Kier molecular flexibility index (Phi) is 4.19. The van der Waals surface area contributed by atoms with Crippen LogP contribution in [0.5, 0.6) is 0 Å². The molecular weight excluding hydrogens is 224 g/mol. The van der Waals surface area contributed by atoms with Crippen molar-refractivity contribution in [1.82, 2.24) is 20.3 Å². The molecule has 0 saturated heterocycles. The van der Waals surface area contributed by atoms with Gasteiger partial charge in [0.15, 0.2) is 0 Å². The van der Waals surface area contributed by atoms with Crippen molar-refractivity contribution in [3.05, 3.63) is 12.4 Å². The van der Waals surface area contributed by atoms with Crippen molar-refractivity contribution < 1.29 is 14.7 Å². The summed E-state index contributed by atoms with van der Waals surface area (Å²) in [7, 11) is 0. The lowest BCUT2D eigenvalue weighted by atomic mass is 10.0. The van der Waals surface area contributed by atoms with Crippen LogP contribution in [0.15, 0.2) is 12.4 Å². The average Bonchev–Trinajstić information content (AvgIpc) is 2.63. The van der Waals surface area contributed by atoms with E-state index in [1.165, 1.54) is 6.20 Å². The number of aromatic nitrogens is 3. The summed E-state index contributed by atoms with van der Waals surface area (Å²) in [4.78, 5) is 22.1. The van der Waals surface area contributed by atoms with Gasteiger partial charge in [0, 0.05) is 18.2 Å². The van der Waals surface area contributed by atoms with Gasteiger partial charge in [-0.15, -0.1) is 5.10 Å². The Bertz CT molecular complexity index is 386. The molecule has 0 atom stereocenters. The lowest BCUT2D eigenvalue weighted by Crippen LogP contribution is -2.45. The van der Waals surface area contributed by atoms with Gasteiger partial charge in [-0.25, -0.2) is 0 Å². The number of amides is 1. The van der Waals surface area contributed by atoms with E-state index in [1.54, 1.807) is 24.7 Å². The van der Waals surface area contributed by atoms with E-state index in [0.717, 1.165) is 0 Å². The lowest BCUT2D eigenvalue weighted by molar-refractivity contribution is -0.138. The van der Waals surface area contributed by atoms with Crippen molar-refractivity contribution in [3.8, 4) is 0 Å². The fourth-order valence-electron chi connectivity index (χ4n) is 1.43. The van der Waals surface area contributed by atoms with Crippen molar-refractivity contribution in [1.29, 1.82) is 0 Å². The highest BCUT2D eigenvalue weighted by Gasteiger charge is 2.23. The minimum Gasteiger partial charge on any atom is -0.481 e. The van der Waals surface area contributed by atoms with Crippen LogP contribution in [0.2, 0.25) is 0 Å². The Labute approximate surface area is 98.8 Å². The van der Waals surface area contributed by atoms with Crippen LogP contribution < -0.4 is 5.32 Å². The highest BCUT2D eigenvalue weighted by atomic mass is 16.4. The first-order valence-electron chi connectivity index (χ1n) is 5.26. The predicted octanol–water partition coefficient (Wildman–Crippen LogP) is 0.0377. The van der Waals surface area contributed by atoms with Crippen LogP contribution >= 0.6 is 0 Å². The molecule has 0 fully saturated rings. The Morgan fingerprint density at radius 3 is 2.71 bits per heavy atom. The largest absolute Gasteiger partial charge is 0.481 e. The zero-order valence-corrected chi connectivity index (χ0v) is 9.88. The number of carbonyl (C=O) groups excluding carboxylic acids is 1. The van der Waals surface area contributed by atoms with Crippen LogP contribution in [0.25, 0.3) is 0 Å². The molecule has 0 bridgehead atoms. The molecule has 0 aliphatic rings. The number of carboxylic acids is 1. The molecular formula is C10H16N4O3. The second-order valence-electron chi connectivity index (χ2n) is 4.42. The standard InChI is InChI=1S/C10H16N4O3/c1-10(2,7-9(16)17)12-8(15)3-5-14-6-4-11-13-14/h4,6H,3,5,7H2,1-2H3,(H,12,15)(H,16,17). The summed E-state index contributed by atoms with van der Waals surface area (Å²) in [6.07, 6.45) is 3.33. The van der Waals surface area contributed by atoms with Gasteiger partial charge in [0.25, 0.3) is 0 Å². The minimum absolute atomic E-state index is 0.109. The van der Waals surface area contributed by atoms with E-state index >= 15 is 0 Å². The average molecular weight is 240 g/mol. The van der Waals surface area contributed by atoms with Crippen molar-refractivity contribution in [2.45, 2.75) is 38.8 Å². The first-order valence-corrected chi connectivity index (χ1v) is 5.26. The molecule has 7 nitrogen and oxygen atoms in total. The van der Waals surface area contributed by atoms with Crippen LogP contribution in [0.1, 0.15) is 26.7 Å². The third kappa shape index (κ3) is 5.10. The van der Waals surface area contributed by atoms with Crippen molar-refractivity contribution in [2.75, 3.05) is 0 Å². The molecule has 0 unspecified atom stereocenters. The molecule has 7 heteroatoms. The number of nitrogens with one attached hydrogen (secondary N) is 1. The molecule has 94 valence electrons. The number of carbonyl (C=O) groups is 2. The Morgan fingerprint density at radius 1 is 1.47 bits per heavy atom. The quantitative estimate of drug-likeness (QED) is 0.731. The van der Waals surface area contributed by atoms with Gasteiger partial charge in [-0.2, -0.15) is 0 Å². The van der Waals surface area contributed by atoms with Crippen LogP contribution in [-0.4, -0.2) is 37.5 Å². The van der Waals surface area contributed by atoms with Gasteiger partial charge in [0.2, 0.25) is 5.91 Å². The zero-order valence-electron chi connectivity index (χ0n) is 9.88. The van der Waals surface area contributed by atoms with E-state index < -0.39 is 11.5 Å². The number of nitrogens with zero attached hydrogens (tertiary/aromatic N) is 3. The van der Waals surface area contributed by atoms with Crippen molar-refractivity contribution in [2.24, 2.45) is 0 Å². The highest BCUT2D eigenvalue weighted by molar-refractivity contribution is 5.78. The van der Waals surface area contributed by atoms with E-state index in [-0.39, 0.29) is 18.7 Å². The highest BCUT2D eigenvalue weighted by Crippen LogP contribution is 2.08. The lowest BCUT2D eigenvalue weighted by Gasteiger charge is -2.24. The molecule has 1 aromatic rings. The van der Waals surface area contributed by atoms with Crippen LogP contribution in [0.3, 0.4) is 0 Å². The van der Waals surface area contributed by atoms with E-state index in [9.17, 15) is 9.59 Å². The summed E-state index contributed by atoms with van der Waals surface area (Å²) in [5.41, 5.74) is -0.745. The molecule has 0 aliphatic carbocycles. The molecule has 2 N–H and O–H groups in total. The zero-order chi connectivity index (χ0) is 12.9. The van der Waals surface area contributed by atoms with E-state index in [4.69, 9.17) is 5.11 Å². The molecule has 0 spiro atoms. The molecule has 1 amide bonds. The smallest absolute Gasteiger partial charge is 0.305 e. The van der Waals surface area contributed by atoms with Gasteiger partial charge in [0.1, 0.15) is 0 Å². The third-order valence-electron chi connectivity index (χ3n) is 2.11. The fourth-order valence-corrected chi connectivity index (χ4v) is 1.43. The van der Waals surface area contributed by atoms with Crippen molar-refractivity contribution in [3.63, 3.8) is 0 Å². The van der Waals surface area contributed by atoms with Crippen molar-refractivity contribution >= 4 is 11.9 Å². The van der Waals surface area contributed by atoms with Gasteiger partial charge in [-0.05, 0) is 13.8 Å². The van der Waals surface area contributed by atoms with Crippen LogP contribution in [-0.2, 0) is 16.1 Å². The van der Waals surface area contributed by atoms with E-state index in [1.807, 2.05) is 0 Å². The molecule has 0 aliphatic heterocycles. The van der Waals surface area contributed by atoms with E-state index in [0.29, 0.717) is 6.54 Å². The Hall–Kier alpha value is -1.92. The second kappa shape index (κ2) is 5.42. The predicted molar refractivity (Wildman–Crippen MR) is 59.1 cm³/mol. The molecule has 1 rings (SSSR count). The first-order chi connectivity index (χ1) is 7.89. The first kappa shape index (κ1) is 13.1. The van der Waals surface area contributed by atoms with Crippen LogP contribution in [0.4, 0.5) is 0 Å². The number of hydrogen-bond donors (Lipinski definition) is 2. The van der Waals surface area contributed by atoms with Gasteiger partial charge in [-0.3, -0.25) is 14.3 Å². The summed E-state index contributed by atoms with van der Waals surface area (Å²) in [6, 6.07) is 0. The summed E-state index contributed by atoms with van der Waals surface area (Å²) < 4.78 is 1.55. The SMILES string of the molecule is CC(C)(CC(=O)O)NC(=O)CCn1ccnn1. The number of rotatable bonds is 6. The van der Waals surface area contributed by atoms with Crippen LogP contribution in [0, 0.1) is 0 Å². The fraction of sp³-hybridized carbons (Fsp3) is 0.600. The molecule has 0 saturated carbocycles. The monoisotopic (exact) mass is 240 g/mol. The maximum absolute atomic E-state index is 11.6. The van der Waals surface area contributed by atoms with Gasteiger partial charge in [0.05, 0.1) is 19.2 Å². The number of aryl methyl sites for hydroxylation is 1. The maximum atomic E-state index is 11.6. The topological polar surface area (TPSA) is 97.1 Å². The Balaban J connectivity index is 2.36. The van der Waals surface area contributed by atoms with Gasteiger partial charge in [-0.1, -0.05) is 5.21 Å². The molecule has 0 aromatic carbocycles. The minimum atomic E-state index is -0.938. The summed E-state index contributed by atoms with van der Waals surface area (Å²) in [5, 5.41) is 18.7. The number of aliphatic carboxylic acids is 1. The molecule has 17 heavy (non-hydrogen) atoms. The molecule has 0 radical (unpaired) electrons. The Morgan fingerprint density at radius 2 is 2.18 bits per heavy atom. The third-order valence-corrected chi connectivity index (χ3v) is 2.11. The maximum Gasteiger partial charge on any atom is 0.305 e. The van der Waals surface area contributed by atoms with Gasteiger partial charge >= 0.3 is 5.97 Å². The second-order valence-corrected chi connectivity index (χ2v) is 4.42. The summed E-state index contributed by atoms with van der Waals surface area (Å²) in [5.74, 6) is -1.14.